The van der Waals surface area contributed by atoms with Crippen molar-refractivity contribution in [1.29, 1.82) is 0 Å². The number of carbonyl (C=O) groups is 1. The normalized spacial score (nSPS) is 11.4. The molecule has 0 amide bonds. The standard InChI is InChI=1S/C13H9F3O2S/c1-8-6-19-7-11(8)12(17)9-3-2-4-10(5-9)18-13(14,15)16/h2-7H,1H3. The van der Waals surface area contributed by atoms with Gasteiger partial charge in [0.1, 0.15) is 5.75 Å². The Labute approximate surface area is 111 Å². The van der Waals surface area contributed by atoms with Crippen molar-refractivity contribution < 1.29 is 22.7 Å². The number of rotatable bonds is 3. The maximum atomic E-state index is 12.1. The van der Waals surface area contributed by atoms with E-state index in [1.807, 2.05) is 5.38 Å². The van der Waals surface area contributed by atoms with Crippen LogP contribution in [0, 0.1) is 6.92 Å². The van der Waals surface area contributed by atoms with Crippen LogP contribution in [0.15, 0.2) is 35.0 Å². The molecule has 0 aliphatic rings. The van der Waals surface area contributed by atoms with Gasteiger partial charge in [-0.25, -0.2) is 0 Å². The lowest BCUT2D eigenvalue weighted by molar-refractivity contribution is -0.274. The van der Waals surface area contributed by atoms with E-state index in [2.05, 4.69) is 4.74 Å². The molecule has 19 heavy (non-hydrogen) atoms. The van der Waals surface area contributed by atoms with Gasteiger partial charge in [-0.15, -0.1) is 13.2 Å². The second-order valence-corrected chi connectivity index (χ2v) is 4.62. The highest BCUT2D eigenvalue weighted by Gasteiger charge is 2.31. The van der Waals surface area contributed by atoms with E-state index in [0.717, 1.165) is 17.7 Å². The van der Waals surface area contributed by atoms with E-state index in [1.165, 1.54) is 23.5 Å². The van der Waals surface area contributed by atoms with E-state index in [0.29, 0.717) is 5.56 Å². The molecular weight excluding hydrogens is 277 g/mol. The summed E-state index contributed by atoms with van der Waals surface area (Å²) in [5.41, 5.74) is 1.47. The van der Waals surface area contributed by atoms with Crippen molar-refractivity contribution in [3.8, 4) is 5.75 Å². The Hall–Kier alpha value is -1.82. The lowest BCUT2D eigenvalue weighted by Crippen LogP contribution is -2.17. The first-order chi connectivity index (χ1) is 8.87. The van der Waals surface area contributed by atoms with Gasteiger partial charge in [-0.2, -0.15) is 11.3 Å². The molecule has 0 saturated heterocycles. The molecule has 6 heteroatoms. The van der Waals surface area contributed by atoms with E-state index in [1.54, 1.807) is 12.3 Å². The number of hydrogen-bond acceptors (Lipinski definition) is 3. The molecular formula is C13H9F3O2S. The summed E-state index contributed by atoms with van der Waals surface area (Å²) in [4.78, 5) is 12.1. The fourth-order valence-electron chi connectivity index (χ4n) is 1.58. The molecule has 0 atom stereocenters. The highest BCUT2D eigenvalue weighted by Crippen LogP contribution is 2.25. The zero-order valence-corrected chi connectivity index (χ0v) is 10.6. The van der Waals surface area contributed by atoms with Crippen molar-refractivity contribution in [3.05, 3.63) is 51.7 Å². The number of carbonyl (C=O) groups excluding carboxylic acids is 1. The number of benzene rings is 1. The van der Waals surface area contributed by atoms with Crippen LogP contribution >= 0.6 is 11.3 Å². The van der Waals surface area contributed by atoms with Gasteiger partial charge in [0.15, 0.2) is 5.78 Å². The predicted octanol–water partition coefficient (Wildman–Crippen LogP) is 4.19. The van der Waals surface area contributed by atoms with Gasteiger partial charge in [0.25, 0.3) is 0 Å². The van der Waals surface area contributed by atoms with Crippen molar-refractivity contribution in [3.63, 3.8) is 0 Å². The van der Waals surface area contributed by atoms with Crippen molar-refractivity contribution in [2.24, 2.45) is 0 Å². The fourth-order valence-corrected chi connectivity index (χ4v) is 2.41. The Kier molecular flexibility index (Phi) is 3.61. The average Bonchev–Trinajstić information content (AvgIpc) is 2.72. The monoisotopic (exact) mass is 286 g/mol. The third-order valence-corrected chi connectivity index (χ3v) is 3.29. The summed E-state index contributed by atoms with van der Waals surface area (Å²) in [6.07, 6.45) is -4.76. The van der Waals surface area contributed by atoms with Crippen LogP contribution in [0.5, 0.6) is 5.75 Å². The molecule has 0 bridgehead atoms. The molecule has 2 aromatic rings. The SMILES string of the molecule is Cc1cscc1C(=O)c1cccc(OC(F)(F)F)c1. The Morgan fingerprint density at radius 2 is 2.00 bits per heavy atom. The molecule has 1 heterocycles. The number of ether oxygens (including phenoxy) is 1. The van der Waals surface area contributed by atoms with Gasteiger partial charge >= 0.3 is 6.36 Å². The van der Waals surface area contributed by atoms with Crippen molar-refractivity contribution in [2.45, 2.75) is 13.3 Å². The lowest BCUT2D eigenvalue weighted by Gasteiger charge is -2.09. The molecule has 0 fully saturated rings. The summed E-state index contributed by atoms with van der Waals surface area (Å²) in [7, 11) is 0. The summed E-state index contributed by atoms with van der Waals surface area (Å²) in [6, 6.07) is 5.07. The smallest absolute Gasteiger partial charge is 0.406 e. The zero-order chi connectivity index (χ0) is 14.0. The Morgan fingerprint density at radius 1 is 1.26 bits per heavy atom. The minimum atomic E-state index is -4.76. The number of aryl methyl sites for hydroxylation is 1. The Bertz CT molecular complexity index is 602. The molecule has 0 saturated carbocycles. The molecule has 2 rings (SSSR count). The largest absolute Gasteiger partial charge is 0.573 e. The van der Waals surface area contributed by atoms with Crippen LogP contribution in [0.1, 0.15) is 21.5 Å². The molecule has 1 aromatic heterocycles. The third-order valence-electron chi connectivity index (χ3n) is 2.43. The summed E-state index contributed by atoms with van der Waals surface area (Å²) in [5.74, 6) is -0.711. The third kappa shape index (κ3) is 3.35. The Balaban J connectivity index is 2.29. The second-order valence-electron chi connectivity index (χ2n) is 3.87. The van der Waals surface area contributed by atoms with Gasteiger partial charge in [0, 0.05) is 16.5 Å². The summed E-state index contributed by atoms with van der Waals surface area (Å²) < 4.78 is 40.1. The molecule has 1 aromatic carbocycles. The topological polar surface area (TPSA) is 26.3 Å². The molecule has 0 aliphatic carbocycles. The summed E-state index contributed by atoms with van der Waals surface area (Å²) in [5, 5.41) is 3.48. The molecule has 0 spiro atoms. The molecule has 0 N–H and O–H groups in total. The molecule has 0 unspecified atom stereocenters. The van der Waals surface area contributed by atoms with Gasteiger partial charge in [0.05, 0.1) is 0 Å². The van der Waals surface area contributed by atoms with Gasteiger partial charge in [-0.3, -0.25) is 4.79 Å². The number of alkyl halides is 3. The van der Waals surface area contributed by atoms with E-state index in [-0.39, 0.29) is 11.3 Å². The van der Waals surface area contributed by atoms with Crippen LogP contribution in [0.25, 0.3) is 0 Å². The maximum absolute atomic E-state index is 12.1. The van der Waals surface area contributed by atoms with Crippen LogP contribution < -0.4 is 4.74 Å². The molecule has 0 aliphatic heterocycles. The van der Waals surface area contributed by atoms with Crippen LogP contribution in [-0.4, -0.2) is 12.1 Å². The number of halogens is 3. The van der Waals surface area contributed by atoms with Crippen LogP contribution in [0.2, 0.25) is 0 Å². The highest BCUT2D eigenvalue weighted by molar-refractivity contribution is 7.08. The van der Waals surface area contributed by atoms with Gasteiger partial charge in [-0.05, 0) is 30.0 Å². The minimum Gasteiger partial charge on any atom is -0.406 e. The van der Waals surface area contributed by atoms with Crippen LogP contribution in [0.4, 0.5) is 13.2 Å². The first-order valence-corrected chi connectivity index (χ1v) is 6.24. The molecule has 2 nitrogen and oxygen atoms in total. The second kappa shape index (κ2) is 5.05. The van der Waals surface area contributed by atoms with Gasteiger partial charge in [-0.1, -0.05) is 12.1 Å². The number of thiophene rings is 1. The first-order valence-electron chi connectivity index (χ1n) is 5.30. The predicted molar refractivity (Wildman–Crippen MR) is 65.6 cm³/mol. The molecule has 100 valence electrons. The highest BCUT2D eigenvalue weighted by atomic mass is 32.1. The molecule has 0 radical (unpaired) electrons. The summed E-state index contributed by atoms with van der Waals surface area (Å²) >= 11 is 1.37. The number of hydrogen-bond donors (Lipinski definition) is 0. The minimum absolute atomic E-state index is 0.170. The quantitative estimate of drug-likeness (QED) is 0.791. The van der Waals surface area contributed by atoms with Gasteiger partial charge < -0.3 is 4.74 Å². The maximum Gasteiger partial charge on any atom is 0.573 e. The van der Waals surface area contributed by atoms with E-state index < -0.39 is 12.1 Å². The fraction of sp³-hybridized carbons (Fsp3) is 0.154. The van der Waals surface area contributed by atoms with Gasteiger partial charge in [0.2, 0.25) is 0 Å². The Morgan fingerprint density at radius 3 is 2.58 bits per heavy atom. The van der Waals surface area contributed by atoms with Crippen LogP contribution in [-0.2, 0) is 0 Å². The van der Waals surface area contributed by atoms with Crippen LogP contribution in [0.3, 0.4) is 0 Å². The first kappa shape index (κ1) is 13.6. The van der Waals surface area contributed by atoms with Crippen molar-refractivity contribution >= 4 is 17.1 Å². The zero-order valence-electron chi connectivity index (χ0n) is 9.82. The van der Waals surface area contributed by atoms with E-state index in [4.69, 9.17) is 0 Å². The van der Waals surface area contributed by atoms with E-state index in [9.17, 15) is 18.0 Å². The lowest BCUT2D eigenvalue weighted by atomic mass is 10.0. The van der Waals surface area contributed by atoms with Crippen molar-refractivity contribution in [1.82, 2.24) is 0 Å². The number of ketones is 1. The van der Waals surface area contributed by atoms with E-state index >= 15 is 0 Å². The van der Waals surface area contributed by atoms with Crippen molar-refractivity contribution in [2.75, 3.05) is 0 Å². The average molecular weight is 286 g/mol. The summed E-state index contributed by atoms with van der Waals surface area (Å²) in [6.45, 7) is 1.78.